The number of carbonyl (C=O) groups is 1. The lowest BCUT2D eigenvalue weighted by Gasteiger charge is -2.17. The van der Waals surface area contributed by atoms with Crippen LogP contribution >= 0.6 is 0 Å². The minimum Gasteiger partial charge on any atom is -0.467 e. The van der Waals surface area contributed by atoms with Crippen molar-refractivity contribution in [2.75, 3.05) is 13.7 Å². The smallest absolute Gasteiger partial charge is 0.260 e. The third kappa shape index (κ3) is 3.37. The second-order valence-electron chi connectivity index (χ2n) is 6.53. The van der Waals surface area contributed by atoms with Gasteiger partial charge in [-0.2, -0.15) is 9.61 Å². The highest BCUT2D eigenvalue weighted by Gasteiger charge is 2.19. The molecule has 1 amide bonds. The van der Waals surface area contributed by atoms with Crippen LogP contribution in [0.2, 0.25) is 0 Å². The van der Waals surface area contributed by atoms with E-state index >= 15 is 0 Å². The maximum Gasteiger partial charge on any atom is 0.260 e. The van der Waals surface area contributed by atoms with E-state index in [2.05, 4.69) is 25.5 Å². The van der Waals surface area contributed by atoms with E-state index in [4.69, 9.17) is 4.74 Å². The normalized spacial score (nSPS) is 14.0. The van der Waals surface area contributed by atoms with E-state index in [1.54, 1.807) is 24.1 Å². The summed E-state index contributed by atoms with van der Waals surface area (Å²) in [7, 11) is 1.76. The molecule has 0 saturated heterocycles. The van der Waals surface area contributed by atoms with Gasteiger partial charge in [-0.15, -0.1) is 15.3 Å². The largest absolute Gasteiger partial charge is 0.467 e. The Morgan fingerprint density at radius 1 is 1.31 bits per heavy atom. The maximum absolute atomic E-state index is 12.4. The predicted molar refractivity (Wildman–Crippen MR) is 92.6 cm³/mol. The van der Waals surface area contributed by atoms with Gasteiger partial charge in [0.2, 0.25) is 5.88 Å². The van der Waals surface area contributed by atoms with Crippen molar-refractivity contribution >= 4 is 11.6 Å². The Hall–Kier alpha value is -2.97. The fourth-order valence-corrected chi connectivity index (χ4v) is 3.20. The molecule has 0 aromatic carbocycles. The zero-order valence-electron chi connectivity index (χ0n) is 14.7. The van der Waals surface area contributed by atoms with Crippen LogP contribution in [0.15, 0.2) is 18.5 Å². The van der Waals surface area contributed by atoms with Crippen LogP contribution in [0.4, 0.5) is 0 Å². The molecule has 136 valence electrons. The molecule has 9 nitrogen and oxygen atoms in total. The van der Waals surface area contributed by atoms with E-state index in [1.165, 1.54) is 41.4 Å². The first kappa shape index (κ1) is 16.5. The number of rotatable bonds is 5. The highest BCUT2D eigenvalue weighted by atomic mass is 16.5. The number of carbonyl (C=O) groups excluding carboxylic acids is 1. The molecular weight excluding hydrogens is 334 g/mol. The molecule has 0 saturated carbocycles. The summed E-state index contributed by atoms with van der Waals surface area (Å²) < 4.78 is 7.01. The highest BCUT2D eigenvalue weighted by molar-refractivity contribution is 5.77. The van der Waals surface area contributed by atoms with Crippen LogP contribution in [0.3, 0.4) is 0 Å². The van der Waals surface area contributed by atoms with Gasteiger partial charge in [0.25, 0.3) is 5.91 Å². The minimum atomic E-state index is -0.124. The first-order chi connectivity index (χ1) is 12.7. The van der Waals surface area contributed by atoms with Gasteiger partial charge in [0.15, 0.2) is 12.3 Å². The molecule has 3 aromatic rings. The molecule has 26 heavy (non-hydrogen) atoms. The third-order valence-corrected chi connectivity index (χ3v) is 4.69. The highest BCUT2D eigenvalue weighted by Crippen LogP contribution is 2.22. The molecule has 3 heterocycles. The molecule has 1 aliphatic rings. The lowest BCUT2D eigenvalue weighted by atomic mass is 10.1. The number of amides is 1. The van der Waals surface area contributed by atoms with Gasteiger partial charge in [0.1, 0.15) is 6.33 Å². The van der Waals surface area contributed by atoms with E-state index in [0.717, 1.165) is 18.5 Å². The molecule has 0 unspecified atom stereocenters. The van der Waals surface area contributed by atoms with E-state index in [9.17, 15) is 4.79 Å². The maximum atomic E-state index is 12.4. The summed E-state index contributed by atoms with van der Waals surface area (Å²) in [6.45, 7) is 0.398. The molecule has 0 spiro atoms. The first-order valence-electron chi connectivity index (χ1n) is 8.79. The van der Waals surface area contributed by atoms with Crippen molar-refractivity contribution in [1.29, 1.82) is 0 Å². The van der Waals surface area contributed by atoms with Crippen molar-refractivity contribution in [3.05, 3.63) is 35.4 Å². The van der Waals surface area contributed by atoms with Crippen molar-refractivity contribution in [3.63, 3.8) is 0 Å². The van der Waals surface area contributed by atoms with E-state index in [0.29, 0.717) is 18.1 Å². The molecule has 3 aromatic heterocycles. The Bertz CT molecular complexity index is 917. The number of aromatic amines is 1. The molecule has 0 aliphatic heterocycles. The number of hydrogen-bond donors (Lipinski definition) is 1. The van der Waals surface area contributed by atoms with Crippen LogP contribution in [0.1, 0.15) is 36.2 Å². The van der Waals surface area contributed by atoms with Gasteiger partial charge < -0.3 is 9.64 Å². The molecule has 0 radical (unpaired) electrons. The molecule has 1 N–H and O–H groups in total. The monoisotopic (exact) mass is 355 g/mol. The number of aryl methyl sites for hydroxylation is 1. The number of nitrogens with zero attached hydrogens (tertiary/aromatic N) is 6. The second kappa shape index (κ2) is 7.11. The third-order valence-electron chi connectivity index (χ3n) is 4.69. The summed E-state index contributed by atoms with van der Waals surface area (Å²) in [4.78, 5) is 14.0. The van der Waals surface area contributed by atoms with Gasteiger partial charge in [-0.25, -0.2) is 0 Å². The van der Waals surface area contributed by atoms with Crippen molar-refractivity contribution < 1.29 is 9.53 Å². The minimum absolute atomic E-state index is 0.0796. The number of likely N-dealkylation sites (N-methyl/N-ethyl adjacent to an activating group) is 1. The summed E-state index contributed by atoms with van der Waals surface area (Å²) in [5, 5.41) is 19.4. The Balaban J connectivity index is 1.36. The van der Waals surface area contributed by atoms with E-state index < -0.39 is 0 Å². The van der Waals surface area contributed by atoms with Crippen LogP contribution in [-0.2, 0) is 24.2 Å². The molecule has 1 aliphatic carbocycles. The standard InChI is InChI=1S/C17H21N7O2/c1-23(9-14-12-5-3-2-4-6-13(12)19-20-14)17(25)10-26-16-8-7-15-21-18-11-24(15)22-16/h7-8,11H,2-6,9-10H2,1H3,(H,19,20). The van der Waals surface area contributed by atoms with Crippen molar-refractivity contribution in [3.8, 4) is 5.88 Å². The molecule has 9 heteroatoms. The molecule has 0 fully saturated rings. The quantitative estimate of drug-likeness (QED) is 0.689. The number of ether oxygens (including phenoxy) is 1. The van der Waals surface area contributed by atoms with Crippen molar-refractivity contribution in [2.45, 2.75) is 38.6 Å². The van der Waals surface area contributed by atoms with E-state index in [-0.39, 0.29) is 12.5 Å². The first-order valence-corrected chi connectivity index (χ1v) is 8.79. The van der Waals surface area contributed by atoms with Gasteiger partial charge in [-0.05, 0) is 37.3 Å². The summed E-state index contributed by atoms with van der Waals surface area (Å²) in [6, 6.07) is 3.41. The average Bonchev–Trinajstić information content (AvgIpc) is 3.19. The topological polar surface area (TPSA) is 101 Å². The number of fused-ring (bicyclic) bond motifs is 2. The fourth-order valence-electron chi connectivity index (χ4n) is 3.20. The lowest BCUT2D eigenvalue weighted by molar-refractivity contribution is -0.132. The van der Waals surface area contributed by atoms with Crippen molar-refractivity contribution in [1.82, 2.24) is 34.9 Å². The van der Waals surface area contributed by atoms with Gasteiger partial charge in [0.05, 0.1) is 12.2 Å². The number of H-pyrrole nitrogens is 1. The lowest BCUT2D eigenvalue weighted by Crippen LogP contribution is -2.31. The SMILES string of the molecule is CN(Cc1n[nH]c2c1CCCCC2)C(=O)COc1ccc2nncn2n1. The van der Waals surface area contributed by atoms with E-state index in [1.807, 2.05) is 0 Å². The number of nitrogens with one attached hydrogen (secondary N) is 1. The van der Waals surface area contributed by atoms with Crippen LogP contribution < -0.4 is 4.74 Å². The van der Waals surface area contributed by atoms with Gasteiger partial charge in [0, 0.05) is 18.8 Å². The summed E-state index contributed by atoms with van der Waals surface area (Å²) >= 11 is 0. The average molecular weight is 355 g/mol. The fraction of sp³-hybridized carbons (Fsp3) is 0.471. The Kier molecular flexibility index (Phi) is 4.51. The van der Waals surface area contributed by atoms with Crippen LogP contribution in [0, 0.1) is 0 Å². The Morgan fingerprint density at radius 2 is 2.19 bits per heavy atom. The Labute approximate surface area is 150 Å². The zero-order chi connectivity index (χ0) is 17.9. The summed E-state index contributed by atoms with van der Waals surface area (Å²) in [5.74, 6) is 0.230. The van der Waals surface area contributed by atoms with Crippen LogP contribution in [0.5, 0.6) is 5.88 Å². The zero-order valence-corrected chi connectivity index (χ0v) is 14.7. The molecule has 0 bridgehead atoms. The Morgan fingerprint density at radius 3 is 3.12 bits per heavy atom. The molecule has 0 atom stereocenters. The number of hydrogen-bond acceptors (Lipinski definition) is 6. The van der Waals surface area contributed by atoms with Gasteiger partial charge in [-0.3, -0.25) is 9.89 Å². The van der Waals surface area contributed by atoms with Crippen LogP contribution in [-0.4, -0.2) is 54.5 Å². The number of aromatic nitrogens is 6. The predicted octanol–water partition coefficient (Wildman–Crippen LogP) is 1.15. The van der Waals surface area contributed by atoms with Crippen LogP contribution in [0.25, 0.3) is 5.65 Å². The molecular formula is C17H21N7O2. The second-order valence-corrected chi connectivity index (χ2v) is 6.53. The molecule has 4 rings (SSSR count). The summed E-state index contributed by atoms with van der Waals surface area (Å²) in [6.07, 6.45) is 7.18. The van der Waals surface area contributed by atoms with Gasteiger partial charge in [-0.1, -0.05) is 6.42 Å². The van der Waals surface area contributed by atoms with Gasteiger partial charge >= 0.3 is 0 Å². The summed E-state index contributed by atoms with van der Waals surface area (Å²) in [5.41, 5.74) is 4.09. The van der Waals surface area contributed by atoms with Crippen molar-refractivity contribution in [2.24, 2.45) is 0 Å².